The fourth-order valence-electron chi connectivity index (χ4n) is 3.19. The third kappa shape index (κ3) is 5.04. The summed E-state index contributed by atoms with van der Waals surface area (Å²) in [7, 11) is -3.54. The zero-order valence-corrected chi connectivity index (χ0v) is 19.7. The van der Waals surface area contributed by atoms with Crippen LogP contribution < -0.4 is 5.32 Å². The molecule has 0 saturated carbocycles. The maximum atomic E-state index is 12.7. The monoisotopic (exact) mass is 477 g/mol. The van der Waals surface area contributed by atoms with Crippen LogP contribution >= 0.6 is 22.7 Å². The van der Waals surface area contributed by atoms with Gasteiger partial charge in [-0.2, -0.15) is 4.31 Å². The highest BCUT2D eigenvalue weighted by molar-refractivity contribution is 7.91. The van der Waals surface area contributed by atoms with E-state index in [9.17, 15) is 13.2 Å². The molecule has 10 heteroatoms. The van der Waals surface area contributed by atoms with Gasteiger partial charge in [-0.15, -0.1) is 22.7 Å². The highest BCUT2D eigenvalue weighted by Crippen LogP contribution is 2.28. The van der Waals surface area contributed by atoms with E-state index in [1.54, 1.807) is 12.1 Å². The van der Waals surface area contributed by atoms with Gasteiger partial charge in [0.2, 0.25) is 5.91 Å². The molecule has 0 spiro atoms. The summed E-state index contributed by atoms with van der Waals surface area (Å²) in [6.07, 6.45) is 0.0991. The Morgan fingerprint density at radius 3 is 2.68 bits per heavy atom. The molecule has 0 atom stereocenters. The van der Waals surface area contributed by atoms with Crippen molar-refractivity contribution in [3.63, 3.8) is 0 Å². The molecule has 164 valence electrons. The Labute approximate surface area is 189 Å². The van der Waals surface area contributed by atoms with Crippen molar-refractivity contribution in [1.29, 1.82) is 0 Å². The highest BCUT2D eigenvalue weighted by atomic mass is 32.2. The lowest BCUT2D eigenvalue weighted by molar-refractivity contribution is -0.115. The molecule has 1 fully saturated rings. The van der Waals surface area contributed by atoms with Crippen LogP contribution in [0.4, 0.5) is 5.13 Å². The number of morpholine rings is 1. The molecule has 31 heavy (non-hydrogen) atoms. The molecule has 1 N–H and O–H groups in total. The van der Waals surface area contributed by atoms with E-state index >= 15 is 0 Å². The van der Waals surface area contributed by atoms with Crippen molar-refractivity contribution in [2.75, 3.05) is 31.6 Å². The number of hydrogen-bond donors (Lipinski definition) is 1. The SMILES string of the molecule is Cc1ccc(-c2csc(NC(=O)Cc3ccc(S(=O)(=O)N4CCOCC4)s3)n2)cc1C. The summed E-state index contributed by atoms with van der Waals surface area (Å²) in [6.45, 7) is 5.62. The number of aromatic nitrogens is 1. The fourth-order valence-corrected chi connectivity index (χ4v) is 6.84. The van der Waals surface area contributed by atoms with E-state index in [0.717, 1.165) is 22.6 Å². The molecule has 0 aliphatic carbocycles. The Kier molecular flexibility index (Phi) is 6.54. The van der Waals surface area contributed by atoms with Gasteiger partial charge in [-0.25, -0.2) is 13.4 Å². The van der Waals surface area contributed by atoms with Gasteiger partial charge in [0, 0.05) is 28.9 Å². The number of thiophene rings is 1. The molecular formula is C21H23N3O4S3. The summed E-state index contributed by atoms with van der Waals surface area (Å²) in [4.78, 5) is 17.7. The summed E-state index contributed by atoms with van der Waals surface area (Å²) in [5.41, 5.74) is 4.24. The number of rotatable bonds is 6. The van der Waals surface area contributed by atoms with E-state index in [4.69, 9.17) is 4.74 Å². The van der Waals surface area contributed by atoms with E-state index in [-0.39, 0.29) is 16.5 Å². The van der Waals surface area contributed by atoms with Gasteiger partial charge < -0.3 is 10.1 Å². The van der Waals surface area contributed by atoms with Crippen LogP contribution in [0, 0.1) is 13.8 Å². The predicted molar refractivity (Wildman–Crippen MR) is 123 cm³/mol. The third-order valence-corrected chi connectivity index (χ3v) is 9.30. The minimum absolute atomic E-state index is 0.0991. The molecule has 7 nitrogen and oxygen atoms in total. The number of amides is 1. The molecule has 3 aromatic rings. The maximum Gasteiger partial charge on any atom is 0.252 e. The topological polar surface area (TPSA) is 88.6 Å². The second kappa shape index (κ2) is 9.17. The summed E-state index contributed by atoms with van der Waals surface area (Å²) < 4.78 is 32.4. The predicted octanol–water partition coefficient (Wildman–Crippen LogP) is 3.69. The number of carbonyl (C=O) groups excluding carboxylic acids is 1. The molecule has 2 aromatic heterocycles. The summed E-state index contributed by atoms with van der Waals surface area (Å²) in [5.74, 6) is -0.224. The number of ether oxygens (including phenoxy) is 1. The molecule has 1 saturated heterocycles. The lowest BCUT2D eigenvalue weighted by Gasteiger charge is -2.25. The summed E-state index contributed by atoms with van der Waals surface area (Å²) in [6, 6.07) is 9.42. The van der Waals surface area contributed by atoms with Crippen molar-refractivity contribution in [1.82, 2.24) is 9.29 Å². The zero-order chi connectivity index (χ0) is 22.0. The van der Waals surface area contributed by atoms with Crippen molar-refractivity contribution < 1.29 is 17.9 Å². The number of hydrogen-bond acceptors (Lipinski definition) is 7. The normalized spacial score (nSPS) is 15.2. The van der Waals surface area contributed by atoms with Crippen LogP contribution in [0.25, 0.3) is 11.3 Å². The molecule has 1 amide bonds. The van der Waals surface area contributed by atoms with Gasteiger partial charge in [-0.1, -0.05) is 12.1 Å². The van der Waals surface area contributed by atoms with Gasteiger partial charge in [0.15, 0.2) is 5.13 Å². The molecule has 4 rings (SSSR count). The van der Waals surface area contributed by atoms with Crippen LogP contribution in [0.1, 0.15) is 16.0 Å². The van der Waals surface area contributed by atoms with E-state index < -0.39 is 10.0 Å². The standard InChI is InChI=1S/C21H23N3O4S3/c1-14-3-4-16(11-15(14)2)18-13-29-21(22-18)23-19(25)12-17-5-6-20(30-17)31(26,27)24-7-9-28-10-8-24/h3-6,11,13H,7-10,12H2,1-2H3,(H,22,23,25). The molecule has 1 aliphatic heterocycles. The van der Waals surface area contributed by atoms with Crippen molar-refractivity contribution in [2.24, 2.45) is 0 Å². The number of sulfonamides is 1. The van der Waals surface area contributed by atoms with Gasteiger partial charge in [-0.05, 0) is 43.2 Å². The summed E-state index contributed by atoms with van der Waals surface area (Å²) >= 11 is 2.50. The number of thiazole rings is 1. The highest BCUT2D eigenvalue weighted by Gasteiger charge is 2.28. The van der Waals surface area contributed by atoms with Gasteiger partial charge in [0.05, 0.1) is 25.3 Å². The Morgan fingerprint density at radius 2 is 1.94 bits per heavy atom. The first-order chi connectivity index (χ1) is 14.8. The van der Waals surface area contributed by atoms with E-state index in [0.29, 0.717) is 36.3 Å². The van der Waals surface area contributed by atoms with E-state index in [1.165, 1.54) is 26.8 Å². The second-order valence-corrected chi connectivity index (χ2v) is 11.5. The zero-order valence-electron chi connectivity index (χ0n) is 17.3. The van der Waals surface area contributed by atoms with Crippen LogP contribution in [0.5, 0.6) is 0 Å². The average molecular weight is 478 g/mol. The van der Waals surface area contributed by atoms with Crippen LogP contribution in [0.3, 0.4) is 0 Å². The second-order valence-electron chi connectivity index (χ2n) is 7.30. The van der Waals surface area contributed by atoms with Crippen molar-refractivity contribution in [3.05, 3.63) is 51.7 Å². The number of benzene rings is 1. The number of aryl methyl sites for hydroxylation is 2. The van der Waals surface area contributed by atoms with E-state index in [1.807, 2.05) is 11.4 Å². The maximum absolute atomic E-state index is 12.7. The molecule has 1 aromatic carbocycles. The average Bonchev–Trinajstić information content (AvgIpc) is 3.41. The van der Waals surface area contributed by atoms with Crippen LogP contribution in [0.15, 0.2) is 39.9 Å². The number of nitrogens with one attached hydrogen (secondary N) is 1. The molecule has 0 radical (unpaired) electrons. The van der Waals surface area contributed by atoms with Gasteiger partial charge >= 0.3 is 0 Å². The smallest absolute Gasteiger partial charge is 0.252 e. The first-order valence-corrected chi connectivity index (χ1v) is 13.0. The quantitative estimate of drug-likeness (QED) is 0.585. The fraction of sp³-hybridized carbons (Fsp3) is 0.333. The van der Waals surface area contributed by atoms with Gasteiger partial charge in [0.1, 0.15) is 4.21 Å². The van der Waals surface area contributed by atoms with Crippen molar-refractivity contribution in [2.45, 2.75) is 24.5 Å². The van der Waals surface area contributed by atoms with Crippen molar-refractivity contribution in [3.8, 4) is 11.3 Å². The Hall–Kier alpha value is -2.11. The minimum Gasteiger partial charge on any atom is -0.379 e. The molecule has 3 heterocycles. The molecule has 0 unspecified atom stereocenters. The Bertz CT molecular complexity index is 1190. The molecule has 1 aliphatic rings. The number of carbonyl (C=O) groups is 1. The lowest BCUT2D eigenvalue weighted by atomic mass is 10.1. The van der Waals surface area contributed by atoms with Crippen LogP contribution in [0.2, 0.25) is 0 Å². The Morgan fingerprint density at radius 1 is 1.16 bits per heavy atom. The number of nitrogens with zero attached hydrogens (tertiary/aromatic N) is 2. The third-order valence-electron chi connectivity index (χ3n) is 5.09. The van der Waals surface area contributed by atoms with Crippen LogP contribution in [-0.4, -0.2) is 49.9 Å². The minimum atomic E-state index is -3.54. The first-order valence-electron chi connectivity index (χ1n) is 9.82. The van der Waals surface area contributed by atoms with Gasteiger partial charge in [0.25, 0.3) is 10.0 Å². The van der Waals surface area contributed by atoms with Gasteiger partial charge in [-0.3, -0.25) is 4.79 Å². The lowest BCUT2D eigenvalue weighted by Crippen LogP contribution is -2.40. The van der Waals surface area contributed by atoms with Crippen molar-refractivity contribution >= 4 is 43.7 Å². The molecular weight excluding hydrogens is 454 g/mol. The largest absolute Gasteiger partial charge is 0.379 e. The Balaban J connectivity index is 1.39. The number of anilines is 1. The first kappa shape index (κ1) is 22.1. The van der Waals surface area contributed by atoms with E-state index in [2.05, 4.69) is 36.3 Å². The summed E-state index contributed by atoms with van der Waals surface area (Å²) in [5, 5.41) is 5.26. The molecule has 0 bridgehead atoms. The van der Waals surface area contributed by atoms with Crippen LogP contribution in [-0.2, 0) is 26.0 Å².